The summed E-state index contributed by atoms with van der Waals surface area (Å²) in [5, 5.41) is 7.71. The topological polar surface area (TPSA) is 80.9 Å². The van der Waals surface area contributed by atoms with E-state index in [1.54, 1.807) is 6.92 Å². The Labute approximate surface area is 152 Å². The summed E-state index contributed by atoms with van der Waals surface area (Å²) in [5.74, 6) is 1.66. The molecule has 2 aromatic heterocycles. The lowest BCUT2D eigenvalue weighted by Crippen LogP contribution is -2.29. The first-order chi connectivity index (χ1) is 12.6. The van der Waals surface area contributed by atoms with E-state index < -0.39 is 0 Å². The van der Waals surface area contributed by atoms with Gasteiger partial charge in [0.2, 0.25) is 5.89 Å². The molecule has 6 nitrogen and oxygen atoms in total. The minimum absolute atomic E-state index is 0.0508. The Hall–Kier alpha value is -2.76. The van der Waals surface area contributed by atoms with Gasteiger partial charge in [0.25, 0.3) is 5.91 Å². The zero-order valence-electron chi connectivity index (χ0n) is 15.1. The van der Waals surface area contributed by atoms with Crippen molar-refractivity contribution in [3.8, 4) is 0 Å². The van der Waals surface area contributed by atoms with Gasteiger partial charge in [-0.2, -0.15) is 4.98 Å². The quantitative estimate of drug-likeness (QED) is 0.782. The molecule has 1 N–H and O–H groups in total. The number of para-hydroxylation sites is 1. The Morgan fingerprint density at radius 2 is 2.15 bits per heavy atom. The van der Waals surface area contributed by atoms with Crippen LogP contribution in [-0.2, 0) is 19.3 Å². The third kappa shape index (κ3) is 3.19. The summed E-state index contributed by atoms with van der Waals surface area (Å²) in [4.78, 5) is 22.0. The number of rotatable bonds is 4. The molecule has 0 fully saturated rings. The van der Waals surface area contributed by atoms with Crippen molar-refractivity contribution in [2.45, 2.75) is 39.5 Å². The van der Waals surface area contributed by atoms with Gasteiger partial charge >= 0.3 is 0 Å². The van der Waals surface area contributed by atoms with Crippen LogP contribution in [0, 0.1) is 12.8 Å². The summed E-state index contributed by atoms with van der Waals surface area (Å²) < 4.78 is 5.10. The molecule has 6 heteroatoms. The number of amides is 1. The molecule has 1 aromatic carbocycles. The number of carbonyl (C=O) groups is 1. The van der Waals surface area contributed by atoms with Crippen molar-refractivity contribution in [2.24, 2.45) is 5.92 Å². The van der Waals surface area contributed by atoms with Crippen LogP contribution >= 0.6 is 0 Å². The largest absolute Gasteiger partial charge is 0.351 e. The standard InChI is InChI=1S/C20H22N4O2/c1-12-7-8-17-15(11-12)19(14-5-3-4-6-16(14)23-17)20(25)21-10-9-18-22-13(2)24-26-18/h3-6,12H,7-11H2,1-2H3,(H,21,25). The van der Waals surface area contributed by atoms with E-state index >= 15 is 0 Å². The van der Waals surface area contributed by atoms with Crippen LogP contribution in [0.1, 0.15) is 46.7 Å². The fourth-order valence-electron chi connectivity index (χ4n) is 3.63. The molecule has 3 aromatic rings. The van der Waals surface area contributed by atoms with Gasteiger partial charge in [-0.1, -0.05) is 30.3 Å². The van der Waals surface area contributed by atoms with Crippen LogP contribution < -0.4 is 5.32 Å². The van der Waals surface area contributed by atoms with Crippen molar-refractivity contribution in [1.82, 2.24) is 20.4 Å². The van der Waals surface area contributed by atoms with Crippen LogP contribution in [0.4, 0.5) is 0 Å². The number of aryl methyl sites for hydroxylation is 2. The van der Waals surface area contributed by atoms with E-state index in [1.807, 2.05) is 24.3 Å². The molecule has 0 spiro atoms. The zero-order chi connectivity index (χ0) is 18.1. The number of carbonyl (C=O) groups excluding carboxylic acids is 1. The van der Waals surface area contributed by atoms with E-state index in [2.05, 4.69) is 22.4 Å². The van der Waals surface area contributed by atoms with E-state index in [1.165, 1.54) is 0 Å². The van der Waals surface area contributed by atoms with E-state index in [4.69, 9.17) is 9.51 Å². The summed E-state index contributed by atoms with van der Waals surface area (Å²) >= 11 is 0. The molecule has 0 saturated heterocycles. The molecule has 1 aliphatic carbocycles. The summed E-state index contributed by atoms with van der Waals surface area (Å²) in [6.45, 7) is 4.47. The highest BCUT2D eigenvalue weighted by Crippen LogP contribution is 2.31. The number of hydrogen-bond donors (Lipinski definition) is 1. The van der Waals surface area contributed by atoms with Gasteiger partial charge in [-0.3, -0.25) is 9.78 Å². The molecule has 0 saturated carbocycles. The Morgan fingerprint density at radius 1 is 1.31 bits per heavy atom. The predicted octanol–water partition coefficient (Wildman–Crippen LogP) is 3.02. The maximum absolute atomic E-state index is 13.0. The highest BCUT2D eigenvalue weighted by molar-refractivity contribution is 6.07. The number of hydrogen-bond acceptors (Lipinski definition) is 5. The van der Waals surface area contributed by atoms with Gasteiger partial charge in [0, 0.05) is 24.0 Å². The van der Waals surface area contributed by atoms with Crippen molar-refractivity contribution < 1.29 is 9.32 Å². The molecular formula is C20H22N4O2. The second-order valence-corrected chi connectivity index (χ2v) is 7.02. The van der Waals surface area contributed by atoms with E-state index in [0.29, 0.717) is 30.6 Å². The second-order valence-electron chi connectivity index (χ2n) is 7.02. The molecule has 4 rings (SSSR count). The molecule has 1 aliphatic rings. The lowest BCUT2D eigenvalue weighted by Gasteiger charge is -2.24. The smallest absolute Gasteiger partial charge is 0.252 e. The van der Waals surface area contributed by atoms with Crippen LogP contribution in [0.5, 0.6) is 0 Å². The first kappa shape index (κ1) is 16.7. The fourth-order valence-corrected chi connectivity index (χ4v) is 3.63. The zero-order valence-corrected chi connectivity index (χ0v) is 15.1. The van der Waals surface area contributed by atoms with Gasteiger partial charge in [0.05, 0.1) is 11.1 Å². The molecule has 1 unspecified atom stereocenters. The summed E-state index contributed by atoms with van der Waals surface area (Å²) in [6, 6.07) is 7.89. The third-order valence-electron chi connectivity index (χ3n) is 4.93. The van der Waals surface area contributed by atoms with Gasteiger partial charge in [-0.05, 0) is 43.7 Å². The molecule has 2 heterocycles. The number of pyridine rings is 1. The fraction of sp³-hybridized carbons (Fsp3) is 0.400. The van der Waals surface area contributed by atoms with Crippen LogP contribution in [0.15, 0.2) is 28.8 Å². The van der Waals surface area contributed by atoms with Crippen molar-refractivity contribution in [3.63, 3.8) is 0 Å². The molecule has 1 atom stereocenters. The number of nitrogens with zero attached hydrogens (tertiary/aromatic N) is 3. The van der Waals surface area contributed by atoms with Crippen LogP contribution in [0.2, 0.25) is 0 Å². The number of nitrogens with one attached hydrogen (secondary N) is 1. The van der Waals surface area contributed by atoms with E-state index in [9.17, 15) is 4.79 Å². The van der Waals surface area contributed by atoms with Gasteiger partial charge in [0.1, 0.15) is 0 Å². The minimum atomic E-state index is -0.0508. The average molecular weight is 350 g/mol. The average Bonchev–Trinajstić information content (AvgIpc) is 3.05. The maximum atomic E-state index is 13.0. The van der Waals surface area contributed by atoms with Crippen molar-refractivity contribution in [3.05, 3.63) is 52.8 Å². The molecule has 0 bridgehead atoms. The van der Waals surface area contributed by atoms with Crippen molar-refractivity contribution in [2.75, 3.05) is 6.54 Å². The molecular weight excluding hydrogens is 328 g/mol. The van der Waals surface area contributed by atoms with E-state index in [0.717, 1.165) is 47.0 Å². The van der Waals surface area contributed by atoms with Crippen molar-refractivity contribution >= 4 is 16.8 Å². The van der Waals surface area contributed by atoms with Gasteiger partial charge in [-0.25, -0.2) is 0 Å². The summed E-state index contributed by atoms with van der Waals surface area (Å²) in [5.41, 5.74) is 3.84. The number of benzene rings is 1. The highest BCUT2D eigenvalue weighted by atomic mass is 16.5. The van der Waals surface area contributed by atoms with Crippen LogP contribution in [0.25, 0.3) is 10.9 Å². The van der Waals surface area contributed by atoms with Crippen LogP contribution in [-0.4, -0.2) is 27.6 Å². The monoisotopic (exact) mass is 350 g/mol. The Balaban J connectivity index is 1.63. The predicted molar refractivity (Wildman–Crippen MR) is 98.0 cm³/mol. The minimum Gasteiger partial charge on any atom is -0.351 e. The molecule has 1 amide bonds. The lowest BCUT2D eigenvalue weighted by molar-refractivity contribution is 0.0953. The van der Waals surface area contributed by atoms with E-state index in [-0.39, 0.29) is 5.91 Å². The highest BCUT2D eigenvalue weighted by Gasteiger charge is 2.25. The van der Waals surface area contributed by atoms with Gasteiger partial charge in [-0.15, -0.1) is 0 Å². The van der Waals surface area contributed by atoms with Crippen LogP contribution in [0.3, 0.4) is 0 Å². The molecule has 0 aliphatic heterocycles. The Bertz CT molecular complexity index is 964. The van der Waals surface area contributed by atoms with Gasteiger partial charge in [0.15, 0.2) is 5.82 Å². The third-order valence-corrected chi connectivity index (χ3v) is 4.93. The molecule has 134 valence electrons. The Morgan fingerprint density at radius 3 is 2.96 bits per heavy atom. The SMILES string of the molecule is Cc1noc(CCNC(=O)c2c3c(nc4ccccc24)CCC(C)C3)n1. The lowest BCUT2D eigenvalue weighted by atomic mass is 9.84. The summed E-state index contributed by atoms with van der Waals surface area (Å²) in [7, 11) is 0. The second kappa shape index (κ2) is 6.86. The normalized spacial score (nSPS) is 16.5. The first-order valence-corrected chi connectivity index (χ1v) is 9.09. The molecule has 0 radical (unpaired) electrons. The van der Waals surface area contributed by atoms with Gasteiger partial charge < -0.3 is 9.84 Å². The number of fused-ring (bicyclic) bond motifs is 2. The summed E-state index contributed by atoms with van der Waals surface area (Å²) in [6.07, 6.45) is 3.48. The molecule has 26 heavy (non-hydrogen) atoms. The van der Waals surface area contributed by atoms with Crippen molar-refractivity contribution in [1.29, 1.82) is 0 Å². The number of aromatic nitrogens is 3. The Kier molecular flexibility index (Phi) is 4.41. The first-order valence-electron chi connectivity index (χ1n) is 9.09. The maximum Gasteiger partial charge on any atom is 0.252 e.